The molecule has 0 saturated carbocycles. The molecule has 6 nitrogen and oxygen atoms in total. The van der Waals surface area contributed by atoms with Gasteiger partial charge < -0.3 is 9.64 Å². The van der Waals surface area contributed by atoms with E-state index in [9.17, 15) is 13.2 Å². The van der Waals surface area contributed by atoms with Gasteiger partial charge in [0.15, 0.2) is 0 Å². The van der Waals surface area contributed by atoms with Crippen LogP contribution in [0.4, 0.5) is 4.79 Å². The molecular formula is C15H23BrN2O4S2. The highest BCUT2D eigenvalue weighted by molar-refractivity contribution is 9.11. The predicted molar refractivity (Wildman–Crippen MR) is 97.7 cm³/mol. The van der Waals surface area contributed by atoms with Crippen molar-refractivity contribution >= 4 is 43.4 Å². The summed E-state index contributed by atoms with van der Waals surface area (Å²) in [6.07, 6.45) is 1.22. The molecule has 0 aliphatic carbocycles. The molecule has 2 rings (SSSR count). The molecule has 1 aliphatic rings. The molecule has 0 bridgehead atoms. The maximum Gasteiger partial charge on any atom is 0.410 e. The molecule has 1 fully saturated rings. The summed E-state index contributed by atoms with van der Waals surface area (Å²) in [6, 6.07) is 3.31. The Hall–Kier alpha value is -0.640. The number of carbonyl (C=O) groups is 1. The molecule has 0 unspecified atom stereocenters. The van der Waals surface area contributed by atoms with Gasteiger partial charge in [-0.05, 0) is 67.6 Å². The number of hydrogen-bond acceptors (Lipinski definition) is 5. The fourth-order valence-corrected chi connectivity index (χ4v) is 5.56. The zero-order valence-electron chi connectivity index (χ0n) is 14.0. The van der Waals surface area contributed by atoms with Gasteiger partial charge in [-0.3, -0.25) is 0 Å². The summed E-state index contributed by atoms with van der Waals surface area (Å²) < 4.78 is 33.5. The average Bonchev–Trinajstić information content (AvgIpc) is 2.91. The Morgan fingerprint density at radius 2 is 2.00 bits per heavy atom. The molecule has 1 N–H and O–H groups in total. The van der Waals surface area contributed by atoms with Crippen LogP contribution in [0.2, 0.25) is 0 Å². The monoisotopic (exact) mass is 438 g/mol. The van der Waals surface area contributed by atoms with Gasteiger partial charge >= 0.3 is 6.09 Å². The highest BCUT2D eigenvalue weighted by atomic mass is 79.9. The second-order valence-corrected chi connectivity index (χ2v) is 11.3. The van der Waals surface area contributed by atoms with Crippen LogP contribution in [0.5, 0.6) is 0 Å². The number of ether oxygens (including phenoxy) is 1. The summed E-state index contributed by atoms with van der Waals surface area (Å²) in [5, 5.41) is 0. The summed E-state index contributed by atoms with van der Waals surface area (Å²) >= 11 is 4.46. The van der Waals surface area contributed by atoms with Crippen molar-refractivity contribution < 1.29 is 17.9 Å². The van der Waals surface area contributed by atoms with Gasteiger partial charge in [0, 0.05) is 19.6 Å². The van der Waals surface area contributed by atoms with Gasteiger partial charge in [0.05, 0.1) is 3.79 Å². The summed E-state index contributed by atoms with van der Waals surface area (Å²) in [4.78, 5) is 13.7. The van der Waals surface area contributed by atoms with Gasteiger partial charge in [0.2, 0.25) is 10.0 Å². The van der Waals surface area contributed by atoms with Crippen LogP contribution in [0.15, 0.2) is 20.1 Å². The van der Waals surface area contributed by atoms with E-state index < -0.39 is 15.6 Å². The van der Waals surface area contributed by atoms with E-state index in [0.717, 1.165) is 16.6 Å². The number of sulfonamides is 1. The van der Waals surface area contributed by atoms with Crippen LogP contribution in [-0.2, 0) is 14.8 Å². The van der Waals surface area contributed by atoms with Crippen molar-refractivity contribution in [1.82, 2.24) is 9.62 Å². The van der Waals surface area contributed by atoms with Gasteiger partial charge in [0.25, 0.3) is 0 Å². The van der Waals surface area contributed by atoms with Crippen LogP contribution in [-0.4, -0.2) is 44.6 Å². The molecular weight excluding hydrogens is 416 g/mol. The zero-order chi connectivity index (χ0) is 18.0. The van der Waals surface area contributed by atoms with E-state index in [0.29, 0.717) is 23.8 Å². The zero-order valence-corrected chi connectivity index (χ0v) is 17.3. The van der Waals surface area contributed by atoms with Gasteiger partial charge in [-0.25, -0.2) is 17.9 Å². The first-order valence-electron chi connectivity index (χ1n) is 7.80. The Morgan fingerprint density at radius 1 is 1.38 bits per heavy atom. The lowest BCUT2D eigenvalue weighted by Gasteiger charge is -2.33. The molecule has 136 valence electrons. The van der Waals surface area contributed by atoms with Crippen LogP contribution in [0, 0.1) is 5.92 Å². The normalized spacial score (nSPS) is 17.1. The Kier molecular flexibility index (Phi) is 6.33. The van der Waals surface area contributed by atoms with Crippen molar-refractivity contribution in [3.05, 3.63) is 15.9 Å². The third-order valence-corrected chi connectivity index (χ3v) is 7.18. The topological polar surface area (TPSA) is 75.7 Å². The van der Waals surface area contributed by atoms with Crippen molar-refractivity contribution in [2.45, 2.75) is 43.4 Å². The van der Waals surface area contributed by atoms with E-state index in [2.05, 4.69) is 20.7 Å². The molecule has 0 radical (unpaired) electrons. The van der Waals surface area contributed by atoms with E-state index in [1.807, 2.05) is 20.8 Å². The van der Waals surface area contributed by atoms with Crippen molar-refractivity contribution in [2.75, 3.05) is 19.6 Å². The lowest BCUT2D eigenvalue weighted by Crippen LogP contribution is -2.43. The maximum absolute atomic E-state index is 12.2. The van der Waals surface area contributed by atoms with Crippen molar-refractivity contribution in [3.63, 3.8) is 0 Å². The molecule has 1 aromatic rings. The molecule has 0 aromatic carbocycles. The fourth-order valence-electron chi connectivity index (χ4n) is 2.39. The van der Waals surface area contributed by atoms with Gasteiger partial charge in [0.1, 0.15) is 9.81 Å². The lowest BCUT2D eigenvalue weighted by atomic mass is 9.97. The van der Waals surface area contributed by atoms with Crippen molar-refractivity contribution in [1.29, 1.82) is 0 Å². The lowest BCUT2D eigenvalue weighted by molar-refractivity contribution is 0.0185. The highest BCUT2D eigenvalue weighted by Crippen LogP contribution is 2.26. The second kappa shape index (κ2) is 7.72. The molecule has 2 heterocycles. The molecule has 0 atom stereocenters. The number of nitrogens with zero attached hydrogens (tertiary/aromatic N) is 1. The molecule has 1 saturated heterocycles. The minimum Gasteiger partial charge on any atom is -0.444 e. The largest absolute Gasteiger partial charge is 0.444 e. The Labute approximate surface area is 155 Å². The Morgan fingerprint density at radius 3 is 2.50 bits per heavy atom. The van der Waals surface area contributed by atoms with E-state index in [1.54, 1.807) is 17.0 Å². The number of hydrogen-bond donors (Lipinski definition) is 1. The third-order valence-electron chi connectivity index (χ3n) is 3.64. The molecule has 1 amide bonds. The quantitative estimate of drug-likeness (QED) is 0.780. The third kappa shape index (κ3) is 5.72. The van der Waals surface area contributed by atoms with Gasteiger partial charge in [-0.1, -0.05) is 0 Å². The summed E-state index contributed by atoms with van der Waals surface area (Å²) in [7, 11) is -3.46. The number of amides is 1. The fraction of sp³-hybridized carbons (Fsp3) is 0.667. The number of piperidine rings is 1. The molecule has 1 aromatic heterocycles. The first-order valence-corrected chi connectivity index (χ1v) is 10.9. The van der Waals surface area contributed by atoms with Crippen LogP contribution >= 0.6 is 27.3 Å². The van der Waals surface area contributed by atoms with E-state index >= 15 is 0 Å². The Balaban J connectivity index is 1.80. The van der Waals surface area contributed by atoms with Crippen LogP contribution in [0.25, 0.3) is 0 Å². The first kappa shape index (κ1) is 19.7. The van der Waals surface area contributed by atoms with Gasteiger partial charge in [-0.15, -0.1) is 11.3 Å². The summed E-state index contributed by atoms with van der Waals surface area (Å²) in [5.41, 5.74) is -0.501. The molecule has 0 spiro atoms. The van der Waals surface area contributed by atoms with E-state index in [1.165, 1.54) is 11.3 Å². The standard InChI is InChI=1S/C15H23BrN2O4S2/c1-15(2,3)22-14(19)18-8-6-11(7-9-18)10-17-24(20,21)13-5-4-12(16)23-13/h4-5,11,17H,6-10H2,1-3H3. The average molecular weight is 439 g/mol. The first-order chi connectivity index (χ1) is 11.1. The number of carbonyl (C=O) groups excluding carboxylic acids is 1. The number of rotatable bonds is 4. The summed E-state index contributed by atoms with van der Waals surface area (Å²) in [5.74, 6) is 0.224. The van der Waals surface area contributed by atoms with Crippen LogP contribution < -0.4 is 4.72 Å². The number of halogens is 1. The smallest absolute Gasteiger partial charge is 0.410 e. The molecule has 1 aliphatic heterocycles. The maximum atomic E-state index is 12.2. The minimum absolute atomic E-state index is 0.224. The number of nitrogens with one attached hydrogen (secondary N) is 1. The van der Waals surface area contributed by atoms with Crippen molar-refractivity contribution in [3.8, 4) is 0 Å². The minimum atomic E-state index is -3.46. The SMILES string of the molecule is CC(C)(C)OC(=O)N1CCC(CNS(=O)(=O)c2ccc(Br)s2)CC1. The van der Waals surface area contributed by atoms with Crippen molar-refractivity contribution in [2.24, 2.45) is 5.92 Å². The molecule has 9 heteroatoms. The number of likely N-dealkylation sites (tertiary alicyclic amines) is 1. The Bertz CT molecular complexity index is 674. The predicted octanol–water partition coefficient (Wildman–Crippen LogP) is 3.44. The van der Waals surface area contributed by atoms with E-state index in [-0.39, 0.29) is 12.0 Å². The van der Waals surface area contributed by atoms with Crippen LogP contribution in [0.1, 0.15) is 33.6 Å². The van der Waals surface area contributed by atoms with Gasteiger partial charge in [-0.2, -0.15) is 0 Å². The summed E-state index contributed by atoms with van der Waals surface area (Å²) in [6.45, 7) is 7.10. The van der Waals surface area contributed by atoms with Crippen LogP contribution in [0.3, 0.4) is 0 Å². The van der Waals surface area contributed by atoms with E-state index in [4.69, 9.17) is 4.74 Å². The highest BCUT2D eigenvalue weighted by Gasteiger charge is 2.27. The molecule has 24 heavy (non-hydrogen) atoms. The second-order valence-electron chi connectivity index (χ2n) is 6.82. The number of thiophene rings is 1.